The third-order valence-electron chi connectivity index (χ3n) is 2.72. The normalized spacial score (nSPS) is 13.1. The Kier molecular flexibility index (Phi) is 5.62. The summed E-state index contributed by atoms with van der Waals surface area (Å²) in [6.45, 7) is 4.49. The van der Waals surface area contributed by atoms with E-state index in [1.807, 2.05) is 0 Å². The molecule has 0 saturated carbocycles. The molecule has 9 nitrogen and oxygen atoms in total. The van der Waals surface area contributed by atoms with Crippen LogP contribution < -0.4 is 0 Å². The van der Waals surface area contributed by atoms with Crippen molar-refractivity contribution in [3.8, 4) is 0 Å². The van der Waals surface area contributed by atoms with Crippen molar-refractivity contribution < 1.29 is 35.2 Å². The van der Waals surface area contributed by atoms with Gasteiger partial charge in [-0.15, -0.1) is 0 Å². The van der Waals surface area contributed by atoms with Gasteiger partial charge in [-0.2, -0.15) is 0 Å². The first-order chi connectivity index (χ1) is 10.8. The molecule has 1 rings (SSSR count). The molecule has 1 aromatic carbocycles. The molecule has 0 fully saturated rings. The number of rotatable bonds is 4. The van der Waals surface area contributed by atoms with E-state index in [1.165, 1.54) is 32.9 Å². The maximum Gasteiger partial charge on any atom is 0.418 e. The summed E-state index contributed by atoms with van der Waals surface area (Å²) in [7, 11) is 5.06. The first-order valence-corrected chi connectivity index (χ1v) is 6.78. The molecule has 2 radical (unpaired) electrons. The monoisotopic (exact) mass is 338 g/mol. The highest BCUT2D eigenvalue weighted by Crippen LogP contribution is 2.29. The van der Waals surface area contributed by atoms with E-state index in [0.29, 0.717) is 5.56 Å². The van der Waals surface area contributed by atoms with Crippen LogP contribution in [0.2, 0.25) is 0 Å². The van der Waals surface area contributed by atoms with Crippen LogP contribution in [0.25, 0.3) is 0 Å². The predicted octanol–water partition coefficient (Wildman–Crippen LogP) is -0.409. The van der Waals surface area contributed by atoms with Gasteiger partial charge >= 0.3 is 6.09 Å². The fraction of sp³-hybridized carbons (Fsp3) is 0.429. The lowest BCUT2D eigenvalue weighted by molar-refractivity contribution is -0.344. The van der Waals surface area contributed by atoms with Crippen LogP contribution in [0.4, 0.5) is 4.79 Å². The summed E-state index contributed by atoms with van der Waals surface area (Å²) >= 11 is 0. The van der Waals surface area contributed by atoms with Gasteiger partial charge in [0.15, 0.2) is 13.7 Å². The third kappa shape index (κ3) is 4.93. The molecular formula is C14H19BN2O7. The van der Waals surface area contributed by atoms with Crippen LogP contribution in [0.1, 0.15) is 31.9 Å². The van der Waals surface area contributed by atoms with Crippen molar-refractivity contribution in [1.82, 2.24) is 4.90 Å². The lowest BCUT2D eigenvalue weighted by Crippen LogP contribution is -2.63. The van der Waals surface area contributed by atoms with E-state index in [4.69, 9.17) is 17.8 Å². The van der Waals surface area contributed by atoms with Crippen molar-refractivity contribution in [2.75, 3.05) is 0 Å². The zero-order chi connectivity index (χ0) is 18.8. The van der Waals surface area contributed by atoms with E-state index in [0.717, 1.165) is 18.3 Å². The number of benzene rings is 1. The minimum absolute atomic E-state index is 0.236. The molecule has 0 aliphatic carbocycles. The number of nitrogens with zero attached hydrogens (tertiary/aromatic N) is 2. The molecule has 5 N–H and O–H groups in total. The molecule has 0 aliphatic rings. The van der Waals surface area contributed by atoms with Gasteiger partial charge in [0.05, 0.1) is 6.21 Å². The minimum atomic E-state index is -3.42. The summed E-state index contributed by atoms with van der Waals surface area (Å²) in [6, 6.07) is 4.97. The average Bonchev–Trinajstić information content (AvgIpc) is 2.35. The van der Waals surface area contributed by atoms with Crippen molar-refractivity contribution in [2.24, 2.45) is 5.16 Å². The Hall–Kier alpha value is -2.14. The summed E-state index contributed by atoms with van der Waals surface area (Å²) in [5.41, 5.74) is -0.966. The van der Waals surface area contributed by atoms with E-state index in [1.54, 1.807) is 0 Å². The van der Waals surface area contributed by atoms with E-state index < -0.39 is 23.4 Å². The van der Waals surface area contributed by atoms with E-state index in [-0.39, 0.29) is 10.5 Å². The molecule has 0 atom stereocenters. The number of hydrogen-bond acceptors (Lipinski definition) is 8. The Bertz CT molecular complexity index is 603. The maximum atomic E-state index is 12.1. The molecule has 1 amide bonds. The van der Waals surface area contributed by atoms with E-state index in [2.05, 4.69) is 5.16 Å². The molecule has 1 aromatic rings. The van der Waals surface area contributed by atoms with Crippen molar-refractivity contribution in [3.05, 3.63) is 35.4 Å². The zero-order valence-electron chi connectivity index (χ0n) is 13.4. The second-order valence-electron chi connectivity index (χ2n) is 6.01. The molecule has 0 bridgehead atoms. The Balaban J connectivity index is 3.27. The standard InChI is InChI=1S/C14H19BN2O7/c1-12(2,3)24-11(18)17(14(15,21)22)13(19,20)10-6-4-9(5-7-10)8-16-23/h4-8,19-23H,1-3H3/b16-8+. The molecule has 10 heteroatoms. The molecule has 130 valence electrons. The Morgan fingerprint density at radius 3 is 2.04 bits per heavy atom. The second kappa shape index (κ2) is 6.77. The van der Waals surface area contributed by atoms with Gasteiger partial charge in [0.1, 0.15) is 5.60 Å². The SMILES string of the molecule is [B]C(O)(O)N(C(=O)OC(C)(C)C)C(O)(O)c1ccc(/C=N/O)cc1. The smallest absolute Gasteiger partial charge is 0.418 e. The van der Waals surface area contributed by atoms with Crippen molar-refractivity contribution in [2.45, 2.75) is 38.1 Å². The Morgan fingerprint density at radius 2 is 1.67 bits per heavy atom. The van der Waals surface area contributed by atoms with Gasteiger partial charge < -0.3 is 30.4 Å². The predicted molar refractivity (Wildman–Crippen MR) is 82.9 cm³/mol. The number of ether oxygens (including phenoxy) is 1. The molecule has 0 aliphatic heterocycles. The van der Waals surface area contributed by atoms with Crippen molar-refractivity contribution in [3.63, 3.8) is 0 Å². The maximum absolute atomic E-state index is 12.1. The van der Waals surface area contributed by atoms with E-state index in [9.17, 15) is 25.2 Å². The number of oxime groups is 1. The van der Waals surface area contributed by atoms with Gasteiger partial charge in [-0.3, -0.25) is 0 Å². The lowest BCUT2D eigenvalue weighted by atomic mass is 9.99. The highest BCUT2D eigenvalue weighted by Gasteiger charge is 2.48. The molecule has 0 heterocycles. The van der Waals surface area contributed by atoms with Crippen molar-refractivity contribution >= 4 is 20.2 Å². The van der Waals surface area contributed by atoms with Gasteiger partial charge in [0.25, 0.3) is 5.91 Å². The summed E-state index contributed by atoms with van der Waals surface area (Å²) in [5.74, 6) is -6.62. The first kappa shape index (κ1) is 19.9. The van der Waals surface area contributed by atoms with Crippen LogP contribution in [-0.2, 0) is 10.6 Å². The molecule has 0 unspecified atom stereocenters. The first-order valence-electron chi connectivity index (χ1n) is 6.78. The van der Waals surface area contributed by atoms with Gasteiger partial charge in [-0.25, -0.2) is 9.69 Å². The number of carbonyl (C=O) groups is 1. The Labute approximate surface area is 139 Å². The molecular weight excluding hydrogens is 319 g/mol. The molecule has 24 heavy (non-hydrogen) atoms. The van der Waals surface area contributed by atoms with Crippen LogP contribution in [0, 0.1) is 0 Å². The highest BCUT2D eigenvalue weighted by molar-refractivity contribution is 6.13. The highest BCUT2D eigenvalue weighted by atomic mass is 16.6. The van der Waals surface area contributed by atoms with Gasteiger partial charge in [0.2, 0.25) is 0 Å². The summed E-state index contributed by atoms with van der Waals surface area (Å²) in [5, 5.41) is 50.9. The minimum Gasteiger partial charge on any atom is -0.443 e. The number of carbonyl (C=O) groups excluding carboxylic acids is 1. The second-order valence-corrected chi connectivity index (χ2v) is 6.01. The van der Waals surface area contributed by atoms with Crippen LogP contribution in [-0.4, -0.2) is 62.1 Å². The third-order valence-corrected chi connectivity index (χ3v) is 2.72. The van der Waals surface area contributed by atoms with E-state index >= 15 is 0 Å². The Morgan fingerprint density at radius 1 is 1.17 bits per heavy atom. The summed E-state index contributed by atoms with van der Waals surface area (Å²) in [4.78, 5) is 11.9. The molecule has 0 saturated heterocycles. The molecule has 0 aromatic heterocycles. The average molecular weight is 338 g/mol. The van der Waals surface area contributed by atoms with Crippen LogP contribution in [0.15, 0.2) is 29.4 Å². The lowest BCUT2D eigenvalue weighted by Gasteiger charge is -2.42. The van der Waals surface area contributed by atoms with Gasteiger partial charge in [-0.1, -0.05) is 29.4 Å². The summed E-state index contributed by atoms with van der Waals surface area (Å²) < 4.78 is 4.91. The fourth-order valence-corrected chi connectivity index (χ4v) is 1.79. The quantitative estimate of drug-likeness (QED) is 0.165. The number of aliphatic hydroxyl groups is 4. The van der Waals surface area contributed by atoms with Gasteiger partial charge in [0, 0.05) is 5.56 Å². The number of amides is 1. The van der Waals surface area contributed by atoms with Gasteiger partial charge in [-0.05, 0) is 26.3 Å². The zero-order valence-corrected chi connectivity index (χ0v) is 13.4. The largest absolute Gasteiger partial charge is 0.443 e. The molecule has 0 spiro atoms. The van der Waals surface area contributed by atoms with Crippen molar-refractivity contribution in [1.29, 1.82) is 0 Å². The van der Waals surface area contributed by atoms with Crippen LogP contribution in [0.3, 0.4) is 0 Å². The number of hydrogen-bond donors (Lipinski definition) is 5. The topological polar surface area (TPSA) is 143 Å². The fourth-order valence-electron chi connectivity index (χ4n) is 1.79. The van der Waals surface area contributed by atoms with Crippen LogP contribution in [0.5, 0.6) is 0 Å². The summed E-state index contributed by atoms with van der Waals surface area (Å²) in [6.07, 6.45) is -0.391. The van der Waals surface area contributed by atoms with Crippen LogP contribution >= 0.6 is 0 Å².